The van der Waals surface area contributed by atoms with Crippen molar-refractivity contribution in [3.63, 3.8) is 0 Å². The summed E-state index contributed by atoms with van der Waals surface area (Å²) in [5, 5.41) is 0. The highest BCUT2D eigenvalue weighted by Gasteiger charge is 2.24. The van der Waals surface area contributed by atoms with Crippen molar-refractivity contribution in [1.82, 2.24) is 9.55 Å². The lowest BCUT2D eigenvalue weighted by Crippen LogP contribution is -2.20. The van der Waals surface area contributed by atoms with Gasteiger partial charge in [-0.3, -0.25) is 0 Å². The summed E-state index contributed by atoms with van der Waals surface area (Å²) in [5.41, 5.74) is 2.49. The Hall–Kier alpha value is -3.99. The van der Waals surface area contributed by atoms with Gasteiger partial charge in [-0.25, -0.2) is 14.6 Å². The topological polar surface area (TPSA) is 61.2 Å². The van der Waals surface area contributed by atoms with E-state index in [0.717, 1.165) is 11.1 Å². The number of hydrogen-bond acceptors (Lipinski definition) is 4. The van der Waals surface area contributed by atoms with E-state index >= 15 is 0 Å². The second-order valence-electron chi connectivity index (χ2n) is 6.45. The van der Waals surface area contributed by atoms with Crippen molar-refractivity contribution in [2.75, 3.05) is 0 Å². The van der Waals surface area contributed by atoms with Crippen molar-refractivity contribution in [1.29, 1.82) is 0 Å². The fourth-order valence-corrected chi connectivity index (χ4v) is 3.22. The molecule has 0 spiro atoms. The Morgan fingerprint density at radius 1 is 0.724 bits per heavy atom. The van der Waals surface area contributed by atoms with E-state index in [0.29, 0.717) is 5.56 Å². The molecule has 1 heterocycles. The number of carbonyl (C=O) groups excluding carboxylic acids is 2. The highest BCUT2D eigenvalue weighted by molar-refractivity contribution is 6.01. The Balaban J connectivity index is 1.69. The van der Waals surface area contributed by atoms with Gasteiger partial charge in [-0.15, -0.1) is 0 Å². The minimum absolute atomic E-state index is 0.201. The van der Waals surface area contributed by atoms with E-state index in [2.05, 4.69) is 4.98 Å². The molecule has 0 bridgehead atoms. The molecule has 0 atom stereocenters. The smallest absolute Gasteiger partial charge is 0.364 e. The van der Waals surface area contributed by atoms with Crippen LogP contribution < -0.4 is 0 Å². The highest BCUT2D eigenvalue weighted by atomic mass is 16.6. The van der Waals surface area contributed by atoms with Crippen molar-refractivity contribution in [3.8, 4) is 0 Å². The number of esters is 2. The Morgan fingerprint density at radius 3 is 1.79 bits per heavy atom. The molecule has 5 heteroatoms. The predicted molar refractivity (Wildman–Crippen MR) is 109 cm³/mol. The molecule has 3 aromatic carbocycles. The molecular weight excluding hydrogens is 364 g/mol. The van der Waals surface area contributed by atoms with Crippen LogP contribution in [0.3, 0.4) is 0 Å². The number of nitrogens with zero attached hydrogens (tertiary/aromatic N) is 2. The van der Waals surface area contributed by atoms with Crippen LogP contribution in [0.2, 0.25) is 0 Å². The first-order chi connectivity index (χ1) is 14.2. The maximum atomic E-state index is 12.8. The standard InChI is InChI=1S/C24H18N2O3/c27-23(20-14-8-3-9-15-20)29-24(28)21-16-25-17-26(21)22(18-10-4-1-5-11-18)19-12-6-2-7-13-19/h1-17,22H. The molecule has 142 valence electrons. The van der Waals surface area contributed by atoms with E-state index in [1.54, 1.807) is 41.2 Å². The number of ether oxygens (including phenoxy) is 1. The third-order valence-electron chi connectivity index (χ3n) is 4.58. The molecule has 4 aromatic rings. The van der Waals surface area contributed by atoms with E-state index in [1.165, 1.54) is 6.20 Å². The van der Waals surface area contributed by atoms with Crippen LogP contribution in [0, 0.1) is 0 Å². The number of benzene rings is 3. The minimum Gasteiger partial charge on any atom is -0.385 e. The predicted octanol–water partition coefficient (Wildman–Crippen LogP) is 4.52. The van der Waals surface area contributed by atoms with Gasteiger partial charge in [0.05, 0.1) is 24.1 Å². The molecule has 0 aliphatic heterocycles. The van der Waals surface area contributed by atoms with E-state index in [9.17, 15) is 9.59 Å². The molecule has 1 aromatic heterocycles. The molecule has 0 aliphatic rings. The van der Waals surface area contributed by atoms with Crippen LogP contribution in [0.4, 0.5) is 0 Å². The quantitative estimate of drug-likeness (QED) is 0.376. The lowest BCUT2D eigenvalue weighted by Gasteiger charge is -2.21. The molecule has 5 nitrogen and oxygen atoms in total. The zero-order chi connectivity index (χ0) is 20.1. The second-order valence-corrected chi connectivity index (χ2v) is 6.45. The molecular formula is C24H18N2O3. The van der Waals surface area contributed by atoms with Crippen molar-refractivity contribution in [3.05, 3.63) is 126 Å². The van der Waals surface area contributed by atoms with Crippen LogP contribution in [-0.2, 0) is 4.74 Å². The van der Waals surface area contributed by atoms with Gasteiger partial charge in [-0.1, -0.05) is 78.9 Å². The Kier molecular flexibility index (Phi) is 5.29. The van der Waals surface area contributed by atoms with Gasteiger partial charge in [-0.2, -0.15) is 0 Å². The third kappa shape index (κ3) is 3.99. The average Bonchev–Trinajstić information content (AvgIpc) is 3.25. The summed E-state index contributed by atoms with van der Waals surface area (Å²) < 4.78 is 6.83. The van der Waals surface area contributed by atoms with Crippen LogP contribution in [0.15, 0.2) is 104 Å². The van der Waals surface area contributed by atoms with Crippen LogP contribution in [-0.4, -0.2) is 21.5 Å². The molecule has 29 heavy (non-hydrogen) atoms. The molecule has 0 radical (unpaired) electrons. The number of rotatable bonds is 5. The van der Waals surface area contributed by atoms with Crippen LogP contribution in [0.1, 0.15) is 38.0 Å². The number of hydrogen-bond donors (Lipinski definition) is 0. The first kappa shape index (κ1) is 18.4. The number of imidazole rings is 1. The van der Waals surface area contributed by atoms with Crippen LogP contribution >= 0.6 is 0 Å². The Morgan fingerprint density at radius 2 is 1.24 bits per heavy atom. The number of carbonyl (C=O) groups is 2. The summed E-state index contributed by atoms with van der Waals surface area (Å²) in [6, 6.07) is 27.7. The SMILES string of the molecule is O=C(OC(=O)c1cncn1C(c1ccccc1)c1ccccc1)c1ccccc1. The molecule has 0 saturated heterocycles. The lowest BCUT2D eigenvalue weighted by atomic mass is 9.98. The van der Waals surface area contributed by atoms with Gasteiger partial charge in [0.2, 0.25) is 0 Å². The van der Waals surface area contributed by atoms with E-state index in [1.807, 2.05) is 60.7 Å². The summed E-state index contributed by atoms with van der Waals surface area (Å²) in [7, 11) is 0. The molecule has 0 unspecified atom stereocenters. The average molecular weight is 382 g/mol. The van der Waals surface area contributed by atoms with Crippen LogP contribution in [0.25, 0.3) is 0 Å². The van der Waals surface area contributed by atoms with Gasteiger partial charge in [0.25, 0.3) is 0 Å². The Labute approximate surface area is 168 Å². The zero-order valence-electron chi connectivity index (χ0n) is 15.5. The van der Waals surface area contributed by atoms with Crippen molar-refractivity contribution >= 4 is 11.9 Å². The summed E-state index contributed by atoms with van der Waals surface area (Å²) in [6.07, 6.45) is 2.99. The Bertz CT molecular complexity index is 1070. The van der Waals surface area contributed by atoms with E-state index in [4.69, 9.17) is 4.74 Å². The molecule has 0 N–H and O–H groups in total. The third-order valence-corrected chi connectivity index (χ3v) is 4.58. The van der Waals surface area contributed by atoms with Gasteiger partial charge in [0.15, 0.2) is 0 Å². The van der Waals surface area contributed by atoms with Gasteiger partial charge in [0.1, 0.15) is 5.69 Å². The number of aromatic nitrogens is 2. The largest absolute Gasteiger partial charge is 0.385 e. The van der Waals surface area contributed by atoms with Crippen molar-refractivity contribution in [2.24, 2.45) is 0 Å². The maximum Gasteiger partial charge on any atom is 0.364 e. The van der Waals surface area contributed by atoms with E-state index in [-0.39, 0.29) is 11.7 Å². The summed E-state index contributed by atoms with van der Waals surface area (Å²) >= 11 is 0. The van der Waals surface area contributed by atoms with Gasteiger partial charge in [-0.05, 0) is 23.3 Å². The van der Waals surface area contributed by atoms with E-state index < -0.39 is 11.9 Å². The van der Waals surface area contributed by atoms with Crippen molar-refractivity contribution in [2.45, 2.75) is 6.04 Å². The molecule has 0 amide bonds. The minimum atomic E-state index is -0.742. The molecule has 0 fully saturated rings. The normalized spacial score (nSPS) is 10.7. The van der Waals surface area contributed by atoms with Crippen molar-refractivity contribution < 1.29 is 14.3 Å². The first-order valence-electron chi connectivity index (χ1n) is 9.17. The fourth-order valence-electron chi connectivity index (χ4n) is 3.22. The molecule has 0 aliphatic carbocycles. The maximum absolute atomic E-state index is 12.8. The monoisotopic (exact) mass is 382 g/mol. The van der Waals surface area contributed by atoms with Gasteiger partial charge < -0.3 is 9.30 Å². The van der Waals surface area contributed by atoms with Gasteiger partial charge >= 0.3 is 11.9 Å². The summed E-state index contributed by atoms with van der Waals surface area (Å²) in [6.45, 7) is 0. The first-order valence-corrected chi connectivity index (χ1v) is 9.17. The second kappa shape index (κ2) is 8.35. The lowest BCUT2D eigenvalue weighted by molar-refractivity contribution is 0.0390. The van der Waals surface area contributed by atoms with Crippen LogP contribution in [0.5, 0.6) is 0 Å². The zero-order valence-corrected chi connectivity index (χ0v) is 15.5. The molecule has 0 saturated carbocycles. The summed E-state index contributed by atoms with van der Waals surface area (Å²) in [5.74, 6) is -1.44. The summed E-state index contributed by atoms with van der Waals surface area (Å²) in [4.78, 5) is 29.2. The fraction of sp³-hybridized carbons (Fsp3) is 0.0417. The molecule has 4 rings (SSSR count). The van der Waals surface area contributed by atoms with Gasteiger partial charge in [0, 0.05) is 0 Å². The highest BCUT2D eigenvalue weighted by Crippen LogP contribution is 2.28.